The number of piperidine rings is 1. The summed E-state index contributed by atoms with van der Waals surface area (Å²) in [5.41, 5.74) is 0.676. The molecule has 21 heavy (non-hydrogen) atoms. The van der Waals surface area contributed by atoms with Crippen LogP contribution in [0.15, 0.2) is 12.4 Å². The molecule has 0 aromatic carbocycles. The van der Waals surface area contributed by atoms with Gasteiger partial charge in [-0.05, 0) is 12.3 Å². The summed E-state index contributed by atoms with van der Waals surface area (Å²) in [5.74, 6) is -1.41. The third-order valence-corrected chi connectivity index (χ3v) is 3.81. The number of aliphatic carboxylic acids is 1. The molecule has 1 aromatic rings. The predicted octanol–water partition coefficient (Wildman–Crippen LogP) is 0.677. The van der Waals surface area contributed by atoms with Crippen LogP contribution in [0.2, 0.25) is 0 Å². The number of carboxylic acid groups (broad SMARTS) is 1. The molecule has 1 fully saturated rings. The van der Waals surface area contributed by atoms with Crippen LogP contribution in [0.1, 0.15) is 25.0 Å². The predicted molar refractivity (Wildman–Crippen MR) is 74.4 cm³/mol. The summed E-state index contributed by atoms with van der Waals surface area (Å²) in [6.07, 6.45) is 3.18. The van der Waals surface area contributed by atoms with Gasteiger partial charge in [0.1, 0.15) is 0 Å². The molecule has 0 bridgehead atoms. The number of hydrogen-bond donors (Lipinski definition) is 1. The smallest absolute Gasteiger partial charge is 0.308 e. The normalized spacial score (nSPS) is 23.9. The molecule has 1 aliphatic heterocycles. The lowest BCUT2D eigenvalue weighted by atomic mass is 9.90. The number of rotatable bonds is 4. The number of methoxy groups -OCH3 is 1. The number of likely N-dealkylation sites (tertiary alicyclic amines) is 1. The van der Waals surface area contributed by atoms with Crippen molar-refractivity contribution in [2.45, 2.75) is 19.4 Å². The lowest BCUT2D eigenvalue weighted by molar-refractivity contribution is -0.151. The number of hydrogen-bond acceptors (Lipinski definition) is 4. The van der Waals surface area contributed by atoms with Gasteiger partial charge >= 0.3 is 5.97 Å². The van der Waals surface area contributed by atoms with Crippen LogP contribution in [0.25, 0.3) is 0 Å². The van der Waals surface area contributed by atoms with Gasteiger partial charge in [0, 0.05) is 39.0 Å². The number of ether oxygens (including phenoxy) is 1. The van der Waals surface area contributed by atoms with Crippen LogP contribution in [-0.2, 0) is 21.4 Å². The summed E-state index contributed by atoms with van der Waals surface area (Å²) in [6, 6.07) is 0. The maximum absolute atomic E-state index is 12.6. The zero-order valence-electron chi connectivity index (χ0n) is 12.5. The minimum atomic E-state index is -0.852. The van der Waals surface area contributed by atoms with Gasteiger partial charge in [-0.3, -0.25) is 14.3 Å². The fraction of sp³-hybridized carbons (Fsp3) is 0.643. The molecule has 3 unspecified atom stereocenters. The van der Waals surface area contributed by atoms with Gasteiger partial charge in [0.2, 0.25) is 0 Å². The Morgan fingerprint density at radius 1 is 1.48 bits per heavy atom. The Kier molecular flexibility index (Phi) is 4.62. The van der Waals surface area contributed by atoms with Crippen LogP contribution in [0.4, 0.5) is 0 Å². The molecule has 0 saturated carbocycles. The van der Waals surface area contributed by atoms with Crippen LogP contribution in [0.5, 0.6) is 0 Å². The molecular weight excluding hydrogens is 274 g/mol. The van der Waals surface area contributed by atoms with Gasteiger partial charge in [-0.1, -0.05) is 6.92 Å². The van der Waals surface area contributed by atoms with E-state index in [9.17, 15) is 14.7 Å². The lowest BCUT2D eigenvalue weighted by Crippen LogP contribution is -2.47. The summed E-state index contributed by atoms with van der Waals surface area (Å²) in [5, 5.41) is 13.2. The maximum Gasteiger partial charge on any atom is 0.308 e. The molecule has 0 aliphatic carbocycles. The Bertz CT molecular complexity index is 528. The molecule has 1 aromatic heterocycles. The quantitative estimate of drug-likeness (QED) is 0.883. The minimum Gasteiger partial charge on any atom is -0.481 e. The number of carbonyl (C=O) groups is 2. The highest BCUT2D eigenvalue weighted by Crippen LogP contribution is 2.26. The second-order valence-corrected chi connectivity index (χ2v) is 5.68. The van der Waals surface area contributed by atoms with Crippen LogP contribution in [0.3, 0.4) is 0 Å². The molecule has 3 atom stereocenters. The fourth-order valence-corrected chi connectivity index (χ4v) is 2.83. The van der Waals surface area contributed by atoms with E-state index in [1.54, 1.807) is 29.0 Å². The molecule has 7 heteroatoms. The number of aromatic nitrogens is 2. The van der Waals surface area contributed by atoms with Crippen molar-refractivity contribution >= 4 is 11.9 Å². The minimum absolute atomic E-state index is 0.162. The monoisotopic (exact) mass is 295 g/mol. The highest BCUT2D eigenvalue weighted by Gasteiger charge is 2.35. The van der Waals surface area contributed by atoms with E-state index in [0.29, 0.717) is 18.5 Å². The molecule has 116 valence electrons. The topological polar surface area (TPSA) is 84.7 Å². The van der Waals surface area contributed by atoms with Crippen molar-refractivity contribution in [1.29, 1.82) is 0 Å². The van der Waals surface area contributed by atoms with E-state index >= 15 is 0 Å². The van der Waals surface area contributed by atoms with Crippen LogP contribution in [-0.4, -0.2) is 51.9 Å². The zero-order chi connectivity index (χ0) is 15.6. The fourth-order valence-electron chi connectivity index (χ4n) is 2.83. The first-order valence-electron chi connectivity index (χ1n) is 6.95. The molecule has 0 spiro atoms. The van der Waals surface area contributed by atoms with Gasteiger partial charge in [0.15, 0.2) is 6.10 Å². The molecule has 7 nitrogen and oxygen atoms in total. The van der Waals surface area contributed by atoms with Crippen molar-refractivity contribution < 1.29 is 19.4 Å². The van der Waals surface area contributed by atoms with Gasteiger partial charge in [-0.25, -0.2) is 0 Å². The standard InChI is InChI=1S/C14H21N3O4/c1-9-4-10(14(19)20)8-17(6-9)13(18)12(21-3)11-5-15-16(2)7-11/h5,7,9-10,12H,4,6,8H2,1-3H3,(H,19,20). The van der Waals surface area contributed by atoms with Crippen LogP contribution < -0.4 is 0 Å². The maximum atomic E-state index is 12.6. The molecule has 0 radical (unpaired) electrons. The molecule has 1 amide bonds. The molecule has 2 heterocycles. The van der Waals surface area contributed by atoms with Crippen LogP contribution in [0, 0.1) is 11.8 Å². The Morgan fingerprint density at radius 2 is 2.19 bits per heavy atom. The molecule has 1 aliphatic rings. The zero-order valence-corrected chi connectivity index (χ0v) is 12.5. The number of carbonyl (C=O) groups excluding carboxylic acids is 1. The van der Waals surface area contributed by atoms with Crippen molar-refractivity contribution in [3.8, 4) is 0 Å². The van der Waals surface area contributed by atoms with E-state index in [-0.39, 0.29) is 18.4 Å². The van der Waals surface area contributed by atoms with Crippen molar-refractivity contribution in [2.24, 2.45) is 18.9 Å². The van der Waals surface area contributed by atoms with E-state index in [0.717, 1.165) is 0 Å². The number of amides is 1. The highest BCUT2D eigenvalue weighted by molar-refractivity contribution is 5.83. The molecule has 2 rings (SSSR count). The van der Waals surface area contributed by atoms with Gasteiger partial charge < -0.3 is 14.7 Å². The number of carboxylic acids is 1. The number of nitrogens with zero attached hydrogens (tertiary/aromatic N) is 3. The van der Waals surface area contributed by atoms with Gasteiger partial charge in [-0.2, -0.15) is 5.10 Å². The van der Waals surface area contributed by atoms with Crippen molar-refractivity contribution in [2.75, 3.05) is 20.2 Å². The van der Waals surface area contributed by atoms with E-state index in [2.05, 4.69) is 5.10 Å². The van der Waals surface area contributed by atoms with E-state index in [4.69, 9.17) is 4.74 Å². The largest absolute Gasteiger partial charge is 0.481 e. The first-order valence-corrected chi connectivity index (χ1v) is 6.95. The van der Waals surface area contributed by atoms with Gasteiger partial charge in [0.05, 0.1) is 12.1 Å². The van der Waals surface area contributed by atoms with E-state index in [1.165, 1.54) is 7.11 Å². The van der Waals surface area contributed by atoms with Crippen molar-refractivity contribution in [3.05, 3.63) is 18.0 Å². The van der Waals surface area contributed by atoms with Crippen molar-refractivity contribution in [3.63, 3.8) is 0 Å². The first-order chi connectivity index (χ1) is 9.92. The molecular formula is C14H21N3O4. The second-order valence-electron chi connectivity index (χ2n) is 5.68. The Hall–Kier alpha value is -1.89. The van der Waals surface area contributed by atoms with Gasteiger partial charge in [0.25, 0.3) is 5.91 Å². The summed E-state index contributed by atoms with van der Waals surface area (Å²) < 4.78 is 6.91. The lowest BCUT2D eigenvalue weighted by Gasteiger charge is -2.36. The summed E-state index contributed by atoms with van der Waals surface area (Å²) in [7, 11) is 3.24. The SMILES string of the molecule is COC(C(=O)N1CC(C)CC(C(=O)O)C1)c1cnn(C)c1. The Labute approximate surface area is 123 Å². The summed E-state index contributed by atoms with van der Waals surface area (Å²) >= 11 is 0. The van der Waals surface area contributed by atoms with Crippen molar-refractivity contribution in [1.82, 2.24) is 14.7 Å². The van der Waals surface area contributed by atoms with E-state index in [1.807, 2.05) is 6.92 Å². The van der Waals surface area contributed by atoms with E-state index < -0.39 is 18.0 Å². The Balaban J connectivity index is 2.15. The molecule has 1 N–H and O–H groups in total. The second kappa shape index (κ2) is 6.26. The highest BCUT2D eigenvalue weighted by atomic mass is 16.5. The number of aryl methyl sites for hydroxylation is 1. The van der Waals surface area contributed by atoms with Crippen LogP contribution >= 0.6 is 0 Å². The average Bonchev–Trinajstić information content (AvgIpc) is 2.85. The third-order valence-electron chi connectivity index (χ3n) is 3.81. The average molecular weight is 295 g/mol. The molecule has 1 saturated heterocycles. The third kappa shape index (κ3) is 3.41. The summed E-state index contributed by atoms with van der Waals surface area (Å²) in [6.45, 7) is 2.75. The first kappa shape index (κ1) is 15.5. The summed E-state index contributed by atoms with van der Waals surface area (Å²) in [4.78, 5) is 25.4. The Morgan fingerprint density at radius 3 is 2.71 bits per heavy atom. The van der Waals surface area contributed by atoms with Gasteiger partial charge in [-0.15, -0.1) is 0 Å².